The monoisotopic (exact) mass is 335 g/mol. The van der Waals surface area contributed by atoms with Crippen LogP contribution in [0.15, 0.2) is 35.1 Å². The number of carbonyl (C=O) groups is 2. The Bertz CT molecular complexity index is 780. The molecule has 0 aliphatic rings. The summed E-state index contributed by atoms with van der Waals surface area (Å²) in [5, 5.41) is 11.1. The van der Waals surface area contributed by atoms with Crippen LogP contribution in [0.2, 0.25) is 0 Å². The number of thioether (sulfide) groups is 1. The first-order valence-corrected chi connectivity index (χ1v) is 8.00. The Morgan fingerprint density at radius 3 is 2.48 bits per heavy atom. The van der Waals surface area contributed by atoms with Gasteiger partial charge in [0.05, 0.1) is 22.9 Å². The second-order valence-corrected chi connectivity index (χ2v) is 5.86. The summed E-state index contributed by atoms with van der Waals surface area (Å²) in [6.45, 7) is 1.74. The van der Waals surface area contributed by atoms with E-state index in [0.717, 1.165) is 11.8 Å². The summed E-state index contributed by atoms with van der Waals surface area (Å²) in [4.78, 5) is 34.9. The van der Waals surface area contributed by atoms with Gasteiger partial charge in [-0.3, -0.25) is 19.1 Å². The Kier molecular flexibility index (Phi) is 5.28. The van der Waals surface area contributed by atoms with E-state index in [1.165, 1.54) is 4.68 Å². The van der Waals surface area contributed by atoms with Crippen molar-refractivity contribution in [3.8, 4) is 5.69 Å². The second kappa shape index (κ2) is 7.19. The molecule has 1 heterocycles. The number of nitrogens with one attached hydrogen (secondary N) is 1. The molecule has 0 spiro atoms. The highest BCUT2D eigenvalue weighted by atomic mass is 32.2. The molecular formula is C15H17N3O4S. The molecule has 2 rings (SSSR count). The Morgan fingerprint density at radius 1 is 1.22 bits per heavy atom. The molecule has 7 nitrogen and oxygen atoms in total. The number of carboxylic acid groups (broad SMARTS) is 1. The third-order valence-electron chi connectivity index (χ3n) is 3.28. The highest BCUT2D eigenvalue weighted by Crippen LogP contribution is 2.14. The lowest BCUT2D eigenvalue weighted by molar-refractivity contribution is -0.133. The molecule has 122 valence electrons. The van der Waals surface area contributed by atoms with Crippen LogP contribution in [-0.4, -0.2) is 37.9 Å². The number of para-hydroxylation sites is 1. The molecule has 0 aliphatic heterocycles. The zero-order valence-electron chi connectivity index (χ0n) is 12.8. The number of hydrogen-bond donors (Lipinski definition) is 2. The molecule has 8 heteroatoms. The summed E-state index contributed by atoms with van der Waals surface area (Å²) in [6, 6.07) is 9.10. The molecule has 0 atom stereocenters. The van der Waals surface area contributed by atoms with E-state index < -0.39 is 11.9 Å². The second-order valence-electron chi connectivity index (χ2n) is 4.87. The topological polar surface area (TPSA) is 93.3 Å². The van der Waals surface area contributed by atoms with Crippen LogP contribution in [0.4, 0.5) is 5.69 Å². The van der Waals surface area contributed by atoms with Crippen molar-refractivity contribution in [1.82, 2.24) is 9.36 Å². The van der Waals surface area contributed by atoms with Gasteiger partial charge in [0.1, 0.15) is 5.69 Å². The van der Waals surface area contributed by atoms with Crippen LogP contribution in [0.3, 0.4) is 0 Å². The molecule has 0 fully saturated rings. The van der Waals surface area contributed by atoms with Crippen molar-refractivity contribution in [3.05, 3.63) is 46.4 Å². The van der Waals surface area contributed by atoms with Crippen LogP contribution in [0.5, 0.6) is 0 Å². The minimum absolute atomic E-state index is 0.0224. The third kappa shape index (κ3) is 3.84. The molecule has 0 radical (unpaired) electrons. The van der Waals surface area contributed by atoms with Gasteiger partial charge in [0.2, 0.25) is 5.91 Å². The van der Waals surface area contributed by atoms with Crippen molar-refractivity contribution in [2.24, 2.45) is 7.05 Å². The van der Waals surface area contributed by atoms with Crippen molar-refractivity contribution in [2.75, 3.05) is 16.8 Å². The van der Waals surface area contributed by atoms with Gasteiger partial charge in [0, 0.05) is 7.05 Å². The lowest BCUT2D eigenvalue weighted by Crippen LogP contribution is -2.23. The van der Waals surface area contributed by atoms with Gasteiger partial charge in [-0.1, -0.05) is 18.2 Å². The lowest BCUT2D eigenvalue weighted by atomic mass is 10.3. The molecule has 2 N–H and O–H groups in total. The van der Waals surface area contributed by atoms with E-state index in [1.54, 1.807) is 30.8 Å². The average molecular weight is 335 g/mol. The van der Waals surface area contributed by atoms with Gasteiger partial charge in [0.25, 0.3) is 5.56 Å². The standard InChI is InChI=1S/C15H17N3O4S/c1-10-14(16-12(19)8-23-9-13(20)21)15(22)18(17(10)2)11-6-4-3-5-7-11/h3-7H,8-9H2,1-2H3,(H,16,19)(H,20,21). The fourth-order valence-corrected chi connectivity index (χ4v) is 2.65. The zero-order valence-corrected chi connectivity index (χ0v) is 13.6. The maximum absolute atomic E-state index is 12.6. The summed E-state index contributed by atoms with van der Waals surface area (Å²) in [6.07, 6.45) is 0. The van der Waals surface area contributed by atoms with Crippen molar-refractivity contribution >= 4 is 29.3 Å². The number of hydrogen-bond acceptors (Lipinski definition) is 4. The highest BCUT2D eigenvalue weighted by molar-refractivity contribution is 8.00. The number of anilines is 1. The number of amides is 1. The Balaban J connectivity index is 2.23. The minimum Gasteiger partial charge on any atom is -0.481 e. The number of nitrogens with zero attached hydrogens (tertiary/aromatic N) is 2. The number of carboxylic acids is 1. The summed E-state index contributed by atoms with van der Waals surface area (Å²) in [5.74, 6) is -1.56. The van der Waals surface area contributed by atoms with Crippen molar-refractivity contribution < 1.29 is 14.7 Å². The predicted octanol–water partition coefficient (Wildman–Crippen LogP) is 1.24. The molecule has 0 saturated carbocycles. The van der Waals surface area contributed by atoms with Gasteiger partial charge < -0.3 is 10.4 Å². The zero-order chi connectivity index (χ0) is 17.0. The van der Waals surface area contributed by atoms with Crippen LogP contribution in [0, 0.1) is 6.92 Å². The van der Waals surface area contributed by atoms with E-state index in [0.29, 0.717) is 11.4 Å². The van der Waals surface area contributed by atoms with E-state index in [2.05, 4.69) is 5.32 Å². The molecule has 0 bridgehead atoms. The number of carbonyl (C=O) groups excluding carboxylic acids is 1. The number of aromatic nitrogens is 2. The van der Waals surface area contributed by atoms with Gasteiger partial charge in [-0.05, 0) is 19.1 Å². The largest absolute Gasteiger partial charge is 0.481 e. The third-order valence-corrected chi connectivity index (χ3v) is 4.19. The van der Waals surface area contributed by atoms with Crippen molar-refractivity contribution in [3.63, 3.8) is 0 Å². The van der Waals surface area contributed by atoms with Crippen LogP contribution in [0.1, 0.15) is 5.69 Å². The summed E-state index contributed by atoms with van der Waals surface area (Å²) in [7, 11) is 1.73. The van der Waals surface area contributed by atoms with Crippen LogP contribution in [0.25, 0.3) is 5.69 Å². The van der Waals surface area contributed by atoms with E-state index in [4.69, 9.17) is 5.11 Å². The first kappa shape index (κ1) is 16.9. The summed E-state index contributed by atoms with van der Waals surface area (Å²) < 4.78 is 3.13. The molecule has 2 aromatic rings. The smallest absolute Gasteiger partial charge is 0.313 e. The molecular weight excluding hydrogens is 318 g/mol. The fourth-order valence-electron chi connectivity index (χ4n) is 2.12. The Morgan fingerprint density at radius 2 is 1.87 bits per heavy atom. The van der Waals surface area contributed by atoms with Crippen molar-refractivity contribution in [1.29, 1.82) is 0 Å². The summed E-state index contributed by atoms with van der Waals surface area (Å²) in [5.41, 5.74) is 1.20. The molecule has 1 aromatic heterocycles. The minimum atomic E-state index is -0.981. The van der Waals surface area contributed by atoms with Gasteiger partial charge in [0.15, 0.2) is 0 Å². The van der Waals surface area contributed by atoms with Gasteiger partial charge in [-0.25, -0.2) is 4.68 Å². The van der Waals surface area contributed by atoms with E-state index >= 15 is 0 Å². The van der Waals surface area contributed by atoms with Gasteiger partial charge in [-0.2, -0.15) is 0 Å². The molecule has 23 heavy (non-hydrogen) atoms. The fraction of sp³-hybridized carbons (Fsp3) is 0.267. The molecule has 0 aliphatic carbocycles. The maximum Gasteiger partial charge on any atom is 0.313 e. The highest BCUT2D eigenvalue weighted by Gasteiger charge is 2.18. The molecule has 1 amide bonds. The molecule has 0 unspecified atom stereocenters. The van der Waals surface area contributed by atoms with E-state index in [-0.39, 0.29) is 22.8 Å². The Hall–Kier alpha value is -2.48. The SMILES string of the molecule is Cc1c(NC(=O)CSCC(=O)O)c(=O)n(-c2ccccc2)n1C. The quantitative estimate of drug-likeness (QED) is 0.828. The van der Waals surface area contributed by atoms with Gasteiger partial charge >= 0.3 is 5.97 Å². The van der Waals surface area contributed by atoms with E-state index in [1.807, 2.05) is 18.2 Å². The van der Waals surface area contributed by atoms with Crippen molar-refractivity contribution in [2.45, 2.75) is 6.92 Å². The number of benzene rings is 1. The maximum atomic E-state index is 12.6. The van der Waals surface area contributed by atoms with Gasteiger partial charge in [-0.15, -0.1) is 11.8 Å². The predicted molar refractivity (Wildman–Crippen MR) is 89.3 cm³/mol. The van der Waals surface area contributed by atoms with Crippen LogP contribution < -0.4 is 10.9 Å². The lowest BCUT2D eigenvalue weighted by Gasteiger charge is -2.07. The Labute approximate surface area is 136 Å². The average Bonchev–Trinajstić information content (AvgIpc) is 2.71. The number of rotatable bonds is 6. The van der Waals surface area contributed by atoms with Crippen LogP contribution >= 0.6 is 11.8 Å². The number of aliphatic carboxylic acids is 1. The van der Waals surface area contributed by atoms with Crippen LogP contribution in [-0.2, 0) is 16.6 Å². The summed E-state index contributed by atoms with van der Waals surface area (Å²) >= 11 is 0.981. The first-order chi connectivity index (χ1) is 10.9. The molecule has 0 saturated heterocycles. The normalized spacial score (nSPS) is 10.5. The first-order valence-electron chi connectivity index (χ1n) is 6.85. The molecule has 1 aromatic carbocycles. The van der Waals surface area contributed by atoms with E-state index in [9.17, 15) is 14.4 Å².